The average molecular weight is 281 g/mol. The zero-order chi connectivity index (χ0) is 14.7. The number of hydrogen-bond acceptors (Lipinski definition) is 3. The van der Waals surface area contributed by atoms with Gasteiger partial charge in [0.25, 0.3) is 0 Å². The fourth-order valence-electron chi connectivity index (χ4n) is 2.53. The smallest absolute Gasteiger partial charge is 0.193 e. The topological polar surface area (TPSA) is 38.3 Å². The molecule has 0 bridgehead atoms. The highest BCUT2D eigenvalue weighted by atomic mass is 16.5. The third kappa shape index (κ3) is 2.98. The number of hydrogen-bond donors (Lipinski definition) is 1. The monoisotopic (exact) mass is 281 g/mol. The highest BCUT2D eigenvalue weighted by Crippen LogP contribution is 2.20. The van der Waals surface area contributed by atoms with Crippen LogP contribution in [-0.4, -0.2) is 12.4 Å². The second kappa shape index (κ2) is 6.10. The quantitative estimate of drug-likeness (QED) is 0.854. The molecule has 21 heavy (non-hydrogen) atoms. The molecule has 0 aromatic heterocycles. The number of ether oxygens (including phenoxy) is 1. The number of carbonyl (C=O) groups is 1. The summed E-state index contributed by atoms with van der Waals surface area (Å²) in [4.78, 5) is 12.5. The van der Waals surface area contributed by atoms with Gasteiger partial charge < -0.3 is 10.1 Å². The van der Waals surface area contributed by atoms with Gasteiger partial charge in [0.1, 0.15) is 5.75 Å². The summed E-state index contributed by atoms with van der Waals surface area (Å²) in [6.45, 7) is 4.51. The molecule has 0 radical (unpaired) electrons. The Labute approximate surface area is 124 Å². The molecule has 2 aromatic rings. The standard InChI is InChI=1S/C18H19NO2/c1-2-9-21-17-7-5-13(6-8-17)18(20)14-3-4-15-11-19-12-16(15)10-14/h3-8,10,19H,2,9,11-12H2,1H3. The molecular formula is C18H19NO2. The Balaban J connectivity index is 1.78. The van der Waals surface area contributed by atoms with E-state index in [2.05, 4.69) is 12.2 Å². The number of rotatable bonds is 5. The summed E-state index contributed by atoms with van der Waals surface area (Å²) in [5.74, 6) is 0.873. The van der Waals surface area contributed by atoms with E-state index in [1.165, 1.54) is 11.1 Å². The lowest BCUT2D eigenvalue weighted by Gasteiger charge is -2.07. The van der Waals surface area contributed by atoms with Gasteiger partial charge >= 0.3 is 0 Å². The average Bonchev–Trinajstić information content (AvgIpc) is 3.00. The van der Waals surface area contributed by atoms with Crippen LogP contribution in [0.5, 0.6) is 5.75 Å². The number of benzene rings is 2. The summed E-state index contributed by atoms with van der Waals surface area (Å²) in [7, 11) is 0. The van der Waals surface area contributed by atoms with E-state index in [9.17, 15) is 4.79 Å². The van der Waals surface area contributed by atoms with Crippen molar-refractivity contribution < 1.29 is 9.53 Å². The maximum absolute atomic E-state index is 12.5. The number of nitrogens with one attached hydrogen (secondary N) is 1. The zero-order valence-electron chi connectivity index (χ0n) is 12.2. The highest BCUT2D eigenvalue weighted by molar-refractivity contribution is 6.09. The normalized spacial score (nSPS) is 13.0. The second-order valence-corrected chi connectivity index (χ2v) is 5.29. The van der Waals surface area contributed by atoms with Gasteiger partial charge in [0.05, 0.1) is 6.61 Å². The molecule has 0 unspecified atom stereocenters. The van der Waals surface area contributed by atoms with Crippen LogP contribution in [-0.2, 0) is 13.1 Å². The third-order valence-electron chi connectivity index (χ3n) is 3.69. The first-order valence-corrected chi connectivity index (χ1v) is 7.38. The van der Waals surface area contributed by atoms with Crippen LogP contribution in [0.4, 0.5) is 0 Å². The van der Waals surface area contributed by atoms with Gasteiger partial charge in [-0.1, -0.05) is 19.1 Å². The van der Waals surface area contributed by atoms with Crippen molar-refractivity contribution in [1.29, 1.82) is 0 Å². The van der Waals surface area contributed by atoms with E-state index in [0.717, 1.165) is 30.8 Å². The molecule has 0 fully saturated rings. The molecule has 1 aliphatic rings. The Kier molecular flexibility index (Phi) is 4.02. The Morgan fingerprint density at radius 2 is 1.76 bits per heavy atom. The molecule has 2 aromatic carbocycles. The molecule has 1 N–H and O–H groups in total. The number of ketones is 1. The third-order valence-corrected chi connectivity index (χ3v) is 3.69. The van der Waals surface area contributed by atoms with Crippen molar-refractivity contribution in [2.75, 3.05) is 6.61 Å². The van der Waals surface area contributed by atoms with Crippen molar-refractivity contribution in [3.05, 3.63) is 64.7 Å². The van der Waals surface area contributed by atoms with Gasteiger partial charge in [0.2, 0.25) is 0 Å². The van der Waals surface area contributed by atoms with Gasteiger partial charge in [-0.15, -0.1) is 0 Å². The molecule has 0 saturated heterocycles. The van der Waals surface area contributed by atoms with E-state index >= 15 is 0 Å². The second-order valence-electron chi connectivity index (χ2n) is 5.29. The molecule has 1 heterocycles. The summed E-state index contributed by atoms with van der Waals surface area (Å²) in [5, 5.41) is 3.29. The van der Waals surface area contributed by atoms with E-state index in [1.807, 2.05) is 42.5 Å². The molecule has 108 valence electrons. The van der Waals surface area contributed by atoms with Crippen LogP contribution in [0, 0.1) is 0 Å². The predicted octanol–water partition coefficient (Wildman–Crippen LogP) is 3.31. The Bertz CT molecular complexity index is 647. The van der Waals surface area contributed by atoms with Gasteiger partial charge in [0.15, 0.2) is 5.78 Å². The lowest BCUT2D eigenvalue weighted by atomic mass is 9.99. The maximum atomic E-state index is 12.5. The molecule has 3 rings (SSSR count). The number of carbonyl (C=O) groups excluding carboxylic acids is 1. The summed E-state index contributed by atoms with van der Waals surface area (Å²) < 4.78 is 5.54. The minimum absolute atomic E-state index is 0.0618. The summed E-state index contributed by atoms with van der Waals surface area (Å²) >= 11 is 0. The molecule has 3 heteroatoms. The summed E-state index contributed by atoms with van der Waals surface area (Å²) in [6, 6.07) is 13.3. The molecule has 1 aliphatic heterocycles. The van der Waals surface area contributed by atoms with Crippen molar-refractivity contribution >= 4 is 5.78 Å². The molecule has 0 amide bonds. The van der Waals surface area contributed by atoms with Gasteiger partial charge in [0, 0.05) is 24.2 Å². The predicted molar refractivity (Wildman–Crippen MR) is 82.6 cm³/mol. The number of fused-ring (bicyclic) bond motifs is 1. The first-order valence-electron chi connectivity index (χ1n) is 7.38. The van der Waals surface area contributed by atoms with E-state index < -0.39 is 0 Å². The SMILES string of the molecule is CCCOc1ccc(C(=O)c2ccc3c(c2)CNC3)cc1. The van der Waals surface area contributed by atoms with Gasteiger partial charge in [-0.2, -0.15) is 0 Å². The van der Waals surface area contributed by atoms with Crippen molar-refractivity contribution in [2.45, 2.75) is 26.4 Å². The van der Waals surface area contributed by atoms with E-state index in [1.54, 1.807) is 0 Å². The Hall–Kier alpha value is -2.13. The van der Waals surface area contributed by atoms with E-state index in [4.69, 9.17) is 4.74 Å². The molecular weight excluding hydrogens is 262 g/mol. The van der Waals surface area contributed by atoms with Crippen LogP contribution in [0.25, 0.3) is 0 Å². The van der Waals surface area contributed by atoms with Crippen LogP contribution >= 0.6 is 0 Å². The minimum atomic E-state index is 0.0618. The van der Waals surface area contributed by atoms with Crippen molar-refractivity contribution in [3.63, 3.8) is 0 Å². The summed E-state index contributed by atoms with van der Waals surface area (Å²) in [5.41, 5.74) is 3.96. The zero-order valence-corrected chi connectivity index (χ0v) is 12.2. The van der Waals surface area contributed by atoms with Crippen LogP contribution < -0.4 is 10.1 Å². The minimum Gasteiger partial charge on any atom is -0.494 e. The van der Waals surface area contributed by atoms with E-state index in [-0.39, 0.29) is 5.78 Å². The fraction of sp³-hybridized carbons (Fsp3) is 0.278. The molecule has 0 atom stereocenters. The van der Waals surface area contributed by atoms with Crippen molar-refractivity contribution in [2.24, 2.45) is 0 Å². The van der Waals surface area contributed by atoms with Crippen LogP contribution in [0.2, 0.25) is 0 Å². The van der Waals surface area contributed by atoms with Crippen molar-refractivity contribution in [1.82, 2.24) is 5.32 Å². The van der Waals surface area contributed by atoms with Gasteiger partial charge in [-0.3, -0.25) is 4.79 Å². The summed E-state index contributed by atoms with van der Waals surface area (Å²) in [6.07, 6.45) is 0.976. The first kappa shape index (κ1) is 13.8. The van der Waals surface area contributed by atoms with E-state index in [0.29, 0.717) is 12.2 Å². The first-order chi connectivity index (χ1) is 10.3. The van der Waals surface area contributed by atoms with Crippen molar-refractivity contribution in [3.8, 4) is 5.75 Å². The van der Waals surface area contributed by atoms with Crippen LogP contribution in [0.3, 0.4) is 0 Å². The highest BCUT2D eigenvalue weighted by Gasteiger charge is 2.14. The van der Waals surface area contributed by atoms with Gasteiger partial charge in [-0.05, 0) is 47.9 Å². The van der Waals surface area contributed by atoms with Gasteiger partial charge in [-0.25, -0.2) is 0 Å². The van der Waals surface area contributed by atoms with Crippen LogP contribution in [0.1, 0.15) is 40.4 Å². The van der Waals surface area contributed by atoms with Crippen LogP contribution in [0.15, 0.2) is 42.5 Å². The molecule has 0 aliphatic carbocycles. The largest absolute Gasteiger partial charge is 0.494 e. The molecule has 0 saturated carbocycles. The lowest BCUT2D eigenvalue weighted by molar-refractivity contribution is 0.103. The Morgan fingerprint density at radius 1 is 1.05 bits per heavy atom. The maximum Gasteiger partial charge on any atom is 0.193 e. The molecule has 0 spiro atoms. The molecule has 3 nitrogen and oxygen atoms in total. The lowest BCUT2D eigenvalue weighted by Crippen LogP contribution is -2.03. The Morgan fingerprint density at radius 3 is 2.52 bits per heavy atom. The fourth-order valence-corrected chi connectivity index (χ4v) is 2.53.